The summed E-state index contributed by atoms with van der Waals surface area (Å²) in [7, 11) is 0. The van der Waals surface area contributed by atoms with E-state index in [9.17, 15) is 5.11 Å². The zero-order valence-corrected chi connectivity index (χ0v) is 13.4. The van der Waals surface area contributed by atoms with Gasteiger partial charge in [-0.2, -0.15) is 0 Å². The van der Waals surface area contributed by atoms with Crippen molar-refractivity contribution in [2.75, 3.05) is 26.3 Å². The minimum absolute atomic E-state index is 0.252. The van der Waals surface area contributed by atoms with Gasteiger partial charge < -0.3 is 9.84 Å². The molecule has 21 heavy (non-hydrogen) atoms. The minimum atomic E-state index is -0.504. The largest absolute Gasteiger partial charge is 0.389 e. The molecule has 0 saturated carbocycles. The fourth-order valence-corrected chi connectivity index (χ4v) is 2.42. The quantitative estimate of drug-likeness (QED) is 0.560. The van der Waals surface area contributed by atoms with Gasteiger partial charge in [-0.3, -0.25) is 4.90 Å². The van der Waals surface area contributed by atoms with Crippen molar-refractivity contribution in [2.45, 2.75) is 39.8 Å². The summed E-state index contributed by atoms with van der Waals surface area (Å²) in [5.74, 6) is 2.41. The van der Waals surface area contributed by atoms with E-state index < -0.39 is 6.10 Å². The summed E-state index contributed by atoms with van der Waals surface area (Å²) in [4.78, 5) is 2.27. The molecule has 1 N–H and O–H groups in total. The number of terminal acetylenes is 1. The van der Waals surface area contributed by atoms with E-state index >= 15 is 0 Å². The molecule has 1 rings (SSSR count). The zero-order chi connectivity index (χ0) is 15.7. The highest BCUT2D eigenvalue weighted by Gasteiger charge is 2.13. The van der Waals surface area contributed by atoms with Crippen LogP contribution in [0.25, 0.3) is 0 Å². The lowest BCUT2D eigenvalue weighted by atomic mass is 10.1. The van der Waals surface area contributed by atoms with Crippen LogP contribution >= 0.6 is 0 Å². The van der Waals surface area contributed by atoms with E-state index in [1.807, 2.05) is 0 Å². The Morgan fingerprint density at radius 2 is 2.14 bits per heavy atom. The van der Waals surface area contributed by atoms with Gasteiger partial charge in [-0.25, -0.2) is 0 Å². The van der Waals surface area contributed by atoms with Crippen LogP contribution in [0.1, 0.15) is 30.0 Å². The van der Waals surface area contributed by atoms with Crippen molar-refractivity contribution in [3.8, 4) is 12.3 Å². The van der Waals surface area contributed by atoms with Gasteiger partial charge in [0.05, 0.1) is 12.7 Å². The molecular weight excluding hydrogens is 262 g/mol. The molecule has 0 aromatic heterocycles. The zero-order valence-electron chi connectivity index (χ0n) is 13.4. The van der Waals surface area contributed by atoms with E-state index in [1.54, 1.807) is 0 Å². The molecule has 0 saturated heterocycles. The molecule has 1 aromatic carbocycles. The summed E-state index contributed by atoms with van der Waals surface area (Å²) < 4.78 is 5.20. The van der Waals surface area contributed by atoms with Gasteiger partial charge in [0.1, 0.15) is 6.61 Å². The second kappa shape index (κ2) is 9.57. The number of hydrogen-bond acceptors (Lipinski definition) is 3. The standard InChI is InChI=1S/C18H27NO2/c1-5-9-19(13-18(20)14-21-10-6-2)12-17-8-7-15(3)11-16(17)4/h2,7-8,11,18,20H,5,9-10,12-14H2,1,3-4H3. The van der Waals surface area contributed by atoms with Gasteiger partial charge in [0.2, 0.25) is 0 Å². The maximum Gasteiger partial charge on any atom is 0.107 e. The smallest absolute Gasteiger partial charge is 0.107 e. The molecule has 0 fully saturated rings. The van der Waals surface area contributed by atoms with Crippen LogP contribution in [0.15, 0.2) is 18.2 Å². The van der Waals surface area contributed by atoms with Gasteiger partial charge in [-0.1, -0.05) is 36.6 Å². The van der Waals surface area contributed by atoms with Crippen LogP contribution in [0.3, 0.4) is 0 Å². The van der Waals surface area contributed by atoms with Crippen LogP contribution in [0, 0.1) is 26.2 Å². The monoisotopic (exact) mass is 289 g/mol. The molecule has 0 aliphatic carbocycles. The van der Waals surface area contributed by atoms with Crippen molar-refractivity contribution >= 4 is 0 Å². The summed E-state index contributed by atoms with van der Waals surface area (Å²) in [6, 6.07) is 6.51. The van der Waals surface area contributed by atoms with Crippen LogP contribution in [0.4, 0.5) is 0 Å². The van der Waals surface area contributed by atoms with Gasteiger partial charge in [0.15, 0.2) is 0 Å². The number of aliphatic hydroxyl groups is 1. The van der Waals surface area contributed by atoms with Crippen LogP contribution in [-0.2, 0) is 11.3 Å². The van der Waals surface area contributed by atoms with Gasteiger partial charge in [0.25, 0.3) is 0 Å². The number of nitrogens with zero attached hydrogens (tertiary/aromatic N) is 1. The molecule has 0 aliphatic rings. The van der Waals surface area contributed by atoms with Gasteiger partial charge in [-0.05, 0) is 37.9 Å². The fourth-order valence-electron chi connectivity index (χ4n) is 2.42. The molecular formula is C18H27NO2. The highest BCUT2D eigenvalue weighted by atomic mass is 16.5. The molecule has 0 amide bonds. The first kappa shape index (κ1) is 17.7. The third-order valence-corrected chi connectivity index (χ3v) is 3.40. The van der Waals surface area contributed by atoms with Crippen LogP contribution in [0.5, 0.6) is 0 Å². The molecule has 3 nitrogen and oxygen atoms in total. The van der Waals surface area contributed by atoms with E-state index in [1.165, 1.54) is 16.7 Å². The SMILES string of the molecule is C#CCOCC(O)CN(CCC)Cc1ccc(C)cc1C. The Morgan fingerprint density at radius 3 is 2.76 bits per heavy atom. The van der Waals surface area contributed by atoms with Crippen molar-refractivity contribution in [3.63, 3.8) is 0 Å². The topological polar surface area (TPSA) is 32.7 Å². The van der Waals surface area contributed by atoms with Crippen molar-refractivity contribution in [2.24, 2.45) is 0 Å². The molecule has 0 radical (unpaired) electrons. The number of rotatable bonds is 9. The molecule has 1 aromatic rings. The number of ether oxygens (including phenoxy) is 1. The van der Waals surface area contributed by atoms with Gasteiger partial charge in [0, 0.05) is 13.1 Å². The van der Waals surface area contributed by atoms with Gasteiger partial charge >= 0.3 is 0 Å². The lowest BCUT2D eigenvalue weighted by Crippen LogP contribution is -2.35. The number of hydrogen-bond donors (Lipinski definition) is 1. The Morgan fingerprint density at radius 1 is 1.38 bits per heavy atom. The van der Waals surface area contributed by atoms with Crippen molar-refractivity contribution in [3.05, 3.63) is 34.9 Å². The maximum absolute atomic E-state index is 10.0. The summed E-state index contributed by atoms with van der Waals surface area (Å²) >= 11 is 0. The predicted molar refractivity (Wildman–Crippen MR) is 87.1 cm³/mol. The molecule has 116 valence electrons. The van der Waals surface area contributed by atoms with E-state index in [0.717, 1.165) is 19.5 Å². The Kier molecular flexibility index (Phi) is 8.07. The third kappa shape index (κ3) is 6.77. The van der Waals surface area contributed by atoms with Gasteiger partial charge in [-0.15, -0.1) is 6.42 Å². The molecule has 0 spiro atoms. The normalized spacial score (nSPS) is 12.4. The number of benzene rings is 1. The van der Waals surface area contributed by atoms with Crippen LogP contribution in [-0.4, -0.2) is 42.4 Å². The first-order valence-corrected chi connectivity index (χ1v) is 7.54. The minimum Gasteiger partial charge on any atom is -0.389 e. The molecule has 0 heterocycles. The second-order valence-corrected chi connectivity index (χ2v) is 5.54. The Hall–Kier alpha value is -1.34. The molecule has 0 aliphatic heterocycles. The van der Waals surface area contributed by atoms with E-state index in [-0.39, 0.29) is 13.2 Å². The molecule has 3 heteroatoms. The molecule has 0 bridgehead atoms. The summed E-state index contributed by atoms with van der Waals surface area (Å²) in [5.41, 5.74) is 3.89. The van der Waals surface area contributed by atoms with E-state index in [2.05, 4.69) is 49.8 Å². The Balaban J connectivity index is 2.58. The fraction of sp³-hybridized carbons (Fsp3) is 0.556. The van der Waals surface area contributed by atoms with Crippen molar-refractivity contribution < 1.29 is 9.84 Å². The summed E-state index contributed by atoms with van der Waals surface area (Å²) in [6.45, 7) is 9.35. The predicted octanol–water partition coefficient (Wildman–Crippen LogP) is 2.53. The van der Waals surface area contributed by atoms with Crippen molar-refractivity contribution in [1.82, 2.24) is 4.90 Å². The maximum atomic E-state index is 10.0. The Labute approximate surface area is 128 Å². The lowest BCUT2D eigenvalue weighted by molar-refractivity contribution is 0.0261. The average Bonchev–Trinajstić information content (AvgIpc) is 2.42. The Bertz CT molecular complexity index is 465. The third-order valence-electron chi connectivity index (χ3n) is 3.40. The first-order valence-electron chi connectivity index (χ1n) is 7.54. The summed E-state index contributed by atoms with van der Waals surface area (Å²) in [6.07, 6.45) is 5.68. The summed E-state index contributed by atoms with van der Waals surface area (Å²) in [5, 5.41) is 10.0. The molecule has 1 unspecified atom stereocenters. The average molecular weight is 289 g/mol. The van der Waals surface area contributed by atoms with Crippen LogP contribution in [0.2, 0.25) is 0 Å². The van der Waals surface area contributed by atoms with Crippen LogP contribution < -0.4 is 0 Å². The van der Waals surface area contributed by atoms with E-state index in [0.29, 0.717) is 6.54 Å². The number of aryl methyl sites for hydroxylation is 2. The lowest BCUT2D eigenvalue weighted by Gasteiger charge is -2.25. The number of aliphatic hydroxyl groups excluding tert-OH is 1. The first-order chi connectivity index (χ1) is 10.1. The highest BCUT2D eigenvalue weighted by Crippen LogP contribution is 2.13. The van der Waals surface area contributed by atoms with Crippen molar-refractivity contribution in [1.29, 1.82) is 0 Å². The molecule has 1 atom stereocenters. The second-order valence-electron chi connectivity index (χ2n) is 5.54. The highest BCUT2D eigenvalue weighted by molar-refractivity contribution is 5.30. The van der Waals surface area contributed by atoms with E-state index in [4.69, 9.17) is 11.2 Å².